The van der Waals surface area contributed by atoms with Crippen LogP contribution in [0.1, 0.15) is 41.2 Å². The van der Waals surface area contributed by atoms with Gasteiger partial charge in [-0.2, -0.15) is 0 Å². The molecular weight excluding hydrogens is 202 g/mol. The van der Waals surface area contributed by atoms with Gasteiger partial charge >= 0.3 is 5.97 Å². The lowest BCUT2D eigenvalue weighted by Crippen LogP contribution is -2.12. The molecule has 86 valence electrons. The van der Waals surface area contributed by atoms with E-state index in [-0.39, 0.29) is 12.0 Å². The molecule has 3 heteroatoms. The number of hydrogen-bond donors (Lipinski definition) is 1. The van der Waals surface area contributed by atoms with Crippen LogP contribution in [0, 0.1) is 5.92 Å². The highest BCUT2D eigenvalue weighted by molar-refractivity contribution is 5.89. The lowest BCUT2D eigenvalue weighted by molar-refractivity contribution is 0.0600. The number of esters is 1. The van der Waals surface area contributed by atoms with Crippen molar-refractivity contribution in [3.8, 4) is 0 Å². The average Bonchev–Trinajstić information content (AvgIpc) is 3.12. The average molecular weight is 219 g/mol. The summed E-state index contributed by atoms with van der Waals surface area (Å²) in [6.07, 6.45) is 3.61. The van der Waals surface area contributed by atoms with E-state index in [4.69, 9.17) is 5.73 Å². The van der Waals surface area contributed by atoms with Crippen molar-refractivity contribution >= 4 is 5.97 Å². The van der Waals surface area contributed by atoms with Crippen molar-refractivity contribution in [1.82, 2.24) is 0 Å². The maximum Gasteiger partial charge on any atom is 0.337 e. The molecule has 1 atom stereocenters. The summed E-state index contributed by atoms with van der Waals surface area (Å²) in [4.78, 5) is 11.4. The molecule has 0 amide bonds. The van der Waals surface area contributed by atoms with E-state index in [1.165, 1.54) is 20.0 Å². The van der Waals surface area contributed by atoms with Crippen LogP contribution in [0.25, 0.3) is 0 Å². The van der Waals surface area contributed by atoms with Gasteiger partial charge < -0.3 is 10.5 Å². The smallest absolute Gasteiger partial charge is 0.337 e. The Balaban J connectivity index is 2.10. The predicted octanol–water partition coefficient (Wildman–Crippen LogP) is 2.27. The van der Waals surface area contributed by atoms with Crippen molar-refractivity contribution in [2.45, 2.75) is 25.3 Å². The highest BCUT2D eigenvalue weighted by Crippen LogP contribution is 2.36. The fraction of sp³-hybridized carbons (Fsp3) is 0.462. The molecule has 1 fully saturated rings. The van der Waals surface area contributed by atoms with E-state index in [1.54, 1.807) is 6.07 Å². The van der Waals surface area contributed by atoms with Crippen LogP contribution in [0.3, 0.4) is 0 Å². The van der Waals surface area contributed by atoms with Crippen molar-refractivity contribution in [3.63, 3.8) is 0 Å². The normalized spacial score (nSPS) is 16.9. The Morgan fingerprint density at radius 1 is 1.56 bits per heavy atom. The van der Waals surface area contributed by atoms with E-state index in [0.29, 0.717) is 5.56 Å². The second-order valence-electron chi connectivity index (χ2n) is 4.40. The molecule has 0 saturated heterocycles. The zero-order chi connectivity index (χ0) is 11.5. The van der Waals surface area contributed by atoms with Gasteiger partial charge in [-0.25, -0.2) is 4.79 Å². The van der Waals surface area contributed by atoms with Crippen LogP contribution in [0.4, 0.5) is 0 Å². The third-order valence-corrected chi connectivity index (χ3v) is 3.02. The minimum atomic E-state index is -0.305. The third kappa shape index (κ3) is 2.61. The molecule has 0 aliphatic heterocycles. The molecule has 1 aromatic carbocycles. The summed E-state index contributed by atoms with van der Waals surface area (Å²) in [6.45, 7) is 0. The van der Waals surface area contributed by atoms with Crippen LogP contribution in [-0.4, -0.2) is 13.1 Å². The molecule has 3 nitrogen and oxygen atoms in total. The Morgan fingerprint density at radius 3 is 2.94 bits per heavy atom. The monoisotopic (exact) mass is 219 g/mol. The highest BCUT2D eigenvalue weighted by atomic mass is 16.5. The van der Waals surface area contributed by atoms with E-state index >= 15 is 0 Å². The summed E-state index contributed by atoms with van der Waals surface area (Å²) in [7, 11) is 1.39. The van der Waals surface area contributed by atoms with Crippen molar-refractivity contribution in [2.75, 3.05) is 7.11 Å². The van der Waals surface area contributed by atoms with Crippen LogP contribution >= 0.6 is 0 Å². The lowest BCUT2D eigenvalue weighted by atomic mass is 10.00. The van der Waals surface area contributed by atoms with Crippen LogP contribution in [-0.2, 0) is 4.74 Å². The molecular formula is C13H17NO2. The first-order valence-corrected chi connectivity index (χ1v) is 5.64. The molecule has 1 saturated carbocycles. The van der Waals surface area contributed by atoms with Gasteiger partial charge in [0.2, 0.25) is 0 Å². The molecule has 0 spiro atoms. The standard InChI is InChI=1S/C13H17NO2/c1-16-13(15)11-4-2-3-10(8-11)12(14)7-9-5-6-9/h2-4,8-9,12H,5-7,14H2,1H3/t12-/m1/s1. The molecule has 16 heavy (non-hydrogen) atoms. The Bertz CT molecular complexity index is 385. The van der Waals surface area contributed by atoms with E-state index in [2.05, 4.69) is 4.74 Å². The van der Waals surface area contributed by atoms with Crippen molar-refractivity contribution < 1.29 is 9.53 Å². The van der Waals surface area contributed by atoms with Crippen LogP contribution in [0.2, 0.25) is 0 Å². The number of benzene rings is 1. The van der Waals surface area contributed by atoms with E-state index in [9.17, 15) is 4.79 Å². The van der Waals surface area contributed by atoms with E-state index in [0.717, 1.165) is 17.9 Å². The number of ether oxygens (including phenoxy) is 1. The van der Waals surface area contributed by atoms with Crippen LogP contribution in [0.15, 0.2) is 24.3 Å². The first kappa shape index (κ1) is 11.1. The number of hydrogen-bond acceptors (Lipinski definition) is 3. The molecule has 2 N–H and O–H groups in total. The number of carbonyl (C=O) groups excluding carboxylic acids is 1. The second-order valence-corrected chi connectivity index (χ2v) is 4.40. The zero-order valence-corrected chi connectivity index (χ0v) is 9.48. The molecule has 1 aliphatic rings. The van der Waals surface area contributed by atoms with Gasteiger partial charge in [0.1, 0.15) is 0 Å². The first-order valence-electron chi connectivity index (χ1n) is 5.64. The van der Waals surface area contributed by atoms with Gasteiger partial charge in [-0.15, -0.1) is 0 Å². The summed E-state index contributed by atoms with van der Waals surface area (Å²) >= 11 is 0. The Hall–Kier alpha value is -1.35. The number of methoxy groups -OCH3 is 1. The minimum absolute atomic E-state index is 0.0390. The molecule has 0 bridgehead atoms. The van der Waals surface area contributed by atoms with Crippen LogP contribution in [0.5, 0.6) is 0 Å². The van der Waals surface area contributed by atoms with Gasteiger partial charge in [0, 0.05) is 6.04 Å². The van der Waals surface area contributed by atoms with E-state index in [1.807, 2.05) is 18.2 Å². The fourth-order valence-corrected chi connectivity index (χ4v) is 1.86. The third-order valence-electron chi connectivity index (χ3n) is 3.02. The summed E-state index contributed by atoms with van der Waals surface area (Å²) in [6, 6.07) is 7.45. The molecule has 0 unspecified atom stereocenters. The summed E-state index contributed by atoms with van der Waals surface area (Å²) < 4.78 is 4.68. The number of nitrogens with two attached hydrogens (primary N) is 1. The van der Waals surface area contributed by atoms with Crippen molar-refractivity contribution in [1.29, 1.82) is 0 Å². The number of rotatable bonds is 4. The lowest BCUT2D eigenvalue weighted by Gasteiger charge is -2.12. The van der Waals surface area contributed by atoms with Gasteiger partial charge in [-0.3, -0.25) is 0 Å². The largest absolute Gasteiger partial charge is 0.465 e. The molecule has 1 aliphatic carbocycles. The highest BCUT2D eigenvalue weighted by Gasteiger charge is 2.24. The fourth-order valence-electron chi connectivity index (χ4n) is 1.86. The summed E-state index contributed by atoms with van der Waals surface area (Å²) in [5, 5.41) is 0. The maximum atomic E-state index is 11.4. The second kappa shape index (κ2) is 4.66. The van der Waals surface area contributed by atoms with Gasteiger partial charge in [-0.1, -0.05) is 25.0 Å². The van der Waals surface area contributed by atoms with Gasteiger partial charge in [0.15, 0.2) is 0 Å². The molecule has 0 radical (unpaired) electrons. The first-order chi connectivity index (χ1) is 7.70. The molecule has 0 heterocycles. The van der Waals surface area contributed by atoms with Gasteiger partial charge in [0.05, 0.1) is 12.7 Å². The molecule has 2 rings (SSSR count). The zero-order valence-electron chi connectivity index (χ0n) is 9.48. The SMILES string of the molecule is COC(=O)c1cccc([C@H](N)CC2CC2)c1. The topological polar surface area (TPSA) is 52.3 Å². The summed E-state index contributed by atoms with van der Waals surface area (Å²) in [5.74, 6) is 0.484. The Morgan fingerprint density at radius 2 is 2.31 bits per heavy atom. The quantitative estimate of drug-likeness (QED) is 0.790. The summed E-state index contributed by atoms with van der Waals surface area (Å²) in [5.41, 5.74) is 7.69. The Kier molecular flexibility index (Phi) is 3.25. The minimum Gasteiger partial charge on any atom is -0.465 e. The predicted molar refractivity (Wildman–Crippen MR) is 62.1 cm³/mol. The van der Waals surface area contributed by atoms with Gasteiger partial charge in [0.25, 0.3) is 0 Å². The van der Waals surface area contributed by atoms with Gasteiger partial charge in [-0.05, 0) is 30.0 Å². The van der Waals surface area contributed by atoms with Crippen LogP contribution < -0.4 is 5.73 Å². The van der Waals surface area contributed by atoms with E-state index < -0.39 is 0 Å². The van der Waals surface area contributed by atoms with Crippen molar-refractivity contribution in [2.24, 2.45) is 11.7 Å². The molecule has 0 aromatic heterocycles. The number of carbonyl (C=O) groups is 1. The Labute approximate surface area is 95.6 Å². The van der Waals surface area contributed by atoms with Crippen molar-refractivity contribution in [3.05, 3.63) is 35.4 Å². The maximum absolute atomic E-state index is 11.4. The molecule has 1 aromatic rings.